The molecule has 1 aliphatic rings. The Hall–Kier alpha value is -1.56. The van der Waals surface area contributed by atoms with Crippen molar-refractivity contribution in [3.8, 4) is 0 Å². The highest BCUT2D eigenvalue weighted by Gasteiger charge is 2.30. The maximum atomic E-state index is 12.4. The second-order valence-corrected chi connectivity index (χ2v) is 4.86. The second-order valence-electron chi connectivity index (χ2n) is 4.86. The summed E-state index contributed by atoms with van der Waals surface area (Å²) < 4.78 is 37.3. The van der Waals surface area contributed by atoms with Crippen LogP contribution in [0.25, 0.3) is 0 Å². The Balaban J connectivity index is 2.00. The smallest absolute Gasteiger partial charge is 0.337 e. The van der Waals surface area contributed by atoms with Gasteiger partial charge in [-0.1, -0.05) is 12.1 Å². The molecule has 0 radical (unpaired) electrons. The van der Waals surface area contributed by atoms with Gasteiger partial charge in [-0.3, -0.25) is 4.79 Å². The van der Waals surface area contributed by atoms with Crippen molar-refractivity contribution in [3.05, 3.63) is 35.4 Å². The maximum Gasteiger partial charge on any atom is 0.416 e. The number of halogens is 3. The predicted octanol–water partition coefficient (Wildman–Crippen LogP) is 2.07. The summed E-state index contributed by atoms with van der Waals surface area (Å²) >= 11 is 0. The first-order valence-electron chi connectivity index (χ1n) is 6.58. The van der Waals surface area contributed by atoms with Crippen LogP contribution in [0, 0.1) is 0 Å². The minimum Gasteiger partial charge on any atom is -0.337 e. The molecular weight excluding hydrogens is 269 g/mol. The van der Waals surface area contributed by atoms with Crippen LogP contribution in [0.15, 0.2) is 24.3 Å². The number of amides is 1. The van der Waals surface area contributed by atoms with Crippen LogP contribution in [0.5, 0.6) is 0 Å². The largest absolute Gasteiger partial charge is 0.416 e. The number of nitrogens with zero attached hydrogens (tertiary/aromatic N) is 1. The molecular formula is C14H17F3N2O. The molecule has 6 heteroatoms. The van der Waals surface area contributed by atoms with Crippen LogP contribution in [-0.2, 0) is 17.4 Å². The average Bonchev–Trinajstić information content (AvgIpc) is 2.32. The summed E-state index contributed by atoms with van der Waals surface area (Å²) in [6.45, 7) is 4.09. The molecule has 20 heavy (non-hydrogen) atoms. The van der Waals surface area contributed by atoms with Crippen molar-refractivity contribution in [2.75, 3.05) is 19.6 Å². The van der Waals surface area contributed by atoms with E-state index >= 15 is 0 Å². The topological polar surface area (TPSA) is 32.3 Å². The monoisotopic (exact) mass is 286 g/mol. The number of benzene rings is 1. The van der Waals surface area contributed by atoms with E-state index in [-0.39, 0.29) is 18.4 Å². The van der Waals surface area contributed by atoms with Gasteiger partial charge in [0.05, 0.1) is 18.0 Å². The van der Waals surface area contributed by atoms with E-state index in [9.17, 15) is 18.0 Å². The zero-order valence-electron chi connectivity index (χ0n) is 11.2. The van der Waals surface area contributed by atoms with Crippen molar-refractivity contribution < 1.29 is 18.0 Å². The van der Waals surface area contributed by atoms with Crippen LogP contribution >= 0.6 is 0 Å². The molecule has 3 nitrogen and oxygen atoms in total. The highest BCUT2D eigenvalue weighted by molar-refractivity contribution is 5.79. The Morgan fingerprint density at radius 1 is 1.30 bits per heavy atom. The molecule has 0 aliphatic carbocycles. The minimum atomic E-state index is -4.34. The van der Waals surface area contributed by atoms with Crippen LogP contribution in [0.1, 0.15) is 18.1 Å². The highest BCUT2D eigenvalue weighted by atomic mass is 19.4. The van der Waals surface area contributed by atoms with Crippen molar-refractivity contribution >= 4 is 5.91 Å². The summed E-state index contributed by atoms with van der Waals surface area (Å²) in [7, 11) is 0. The maximum absolute atomic E-state index is 12.4. The molecule has 1 fully saturated rings. The SMILES string of the molecule is CCN(C(=O)Cc1ccc(C(F)(F)F)cc1)C1CNC1. The third kappa shape index (κ3) is 3.30. The van der Waals surface area contributed by atoms with Crippen LogP contribution in [0.2, 0.25) is 0 Å². The lowest BCUT2D eigenvalue weighted by atomic mass is 10.1. The molecule has 1 aliphatic heterocycles. The first-order chi connectivity index (χ1) is 9.41. The van der Waals surface area contributed by atoms with Gasteiger partial charge in [-0.2, -0.15) is 13.2 Å². The normalized spacial score (nSPS) is 15.8. The molecule has 1 N–H and O–H groups in total. The molecule has 0 unspecified atom stereocenters. The number of nitrogens with one attached hydrogen (secondary N) is 1. The van der Waals surface area contributed by atoms with Crippen molar-refractivity contribution in [2.24, 2.45) is 0 Å². The fourth-order valence-corrected chi connectivity index (χ4v) is 2.22. The molecule has 0 spiro atoms. The number of hydrogen-bond acceptors (Lipinski definition) is 2. The van der Waals surface area contributed by atoms with E-state index in [0.717, 1.165) is 25.2 Å². The molecule has 1 aromatic rings. The minimum absolute atomic E-state index is 0.0428. The average molecular weight is 286 g/mol. The third-order valence-electron chi connectivity index (χ3n) is 3.50. The van der Waals surface area contributed by atoms with Crippen LogP contribution in [0.3, 0.4) is 0 Å². The Morgan fingerprint density at radius 3 is 2.30 bits per heavy atom. The highest BCUT2D eigenvalue weighted by Crippen LogP contribution is 2.29. The molecule has 0 aromatic heterocycles. The zero-order chi connectivity index (χ0) is 14.8. The van der Waals surface area contributed by atoms with E-state index in [0.29, 0.717) is 12.1 Å². The van der Waals surface area contributed by atoms with Crippen molar-refractivity contribution in [2.45, 2.75) is 25.6 Å². The van der Waals surface area contributed by atoms with Gasteiger partial charge in [-0.25, -0.2) is 0 Å². The van der Waals surface area contributed by atoms with E-state index in [2.05, 4.69) is 5.32 Å². The number of likely N-dealkylation sites (N-methyl/N-ethyl adjacent to an activating group) is 1. The molecule has 0 saturated carbocycles. The van der Waals surface area contributed by atoms with Gasteiger partial charge in [0.25, 0.3) is 0 Å². The molecule has 1 aromatic carbocycles. The number of carbonyl (C=O) groups excluding carboxylic acids is 1. The van der Waals surface area contributed by atoms with Crippen LogP contribution in [0.4, 0.5) is 13.2 Å². The van der Waals surface area contributed by atoms with E-state index < -0.39 is 11.7 Å². The number of hydrogen-bond donors (Lipinski definition) is 1. The van der Waals surface area contributed by atoms with Crippen LogP contribution < -0.4 is 5.32 Å². The van der Waals surface area contributed by atoms with E-state index in [4.69, 9.17) is 0 Å². The van der Waals surface area contributed by atoms with Crippen molar-refractivity contribution in [3.63, 3.8) is 0 Å². The summed E-state index contributed by atoms with van der Waals surface area (Å²) in [4.78, 5) is 13.9. The summed E-state index contributed by atoms with van der Waals surface area (Å²) in [6, 6.07) is 4.98. The van der Waals surface area contributed by atoms with Gasteiger partial charge in [0, 0.05) is 19.6 Å². The summed E-state index contributed by atoms with van der Waals surface area (Å²) in [5, 5.41) is 3.10. The van der Waals surface area contributed by atoms with Gasteiger partial charge in [-0.15, -0.1) is 0 Å². The molecule has 1 saturated heterocycles. The summed E-state index contributed by atoms with van der Waals surface area (Å²) in [5.41, 5.74) is -0.0852. The lowest BCUT2D eigenvalue weighted by Gasteiger charge is -2.37. The molecule has 0 atom stereocenters. The van der Waals surface area contributed by atoms with Crippen molar-refractivity contribution in [1.82, 2.24) is 10.2 Å². The molecule has 110 valence electrons. The molecule has 1 amide bonds. The Morgan fingerprint density at radius 2 is 1.90 bits per heavy atom. The third-order valence-corrected chi connectivity index (χ3v) is 3.50. The second kappa shape index (κ2) is 5.83. The van der Waals surface area contributed by atoms with E-state index in [1.807, 2.05) is 6.92 Å². The first-order valence-corrected chi connectivity index (χ1v) is 6.58. The summed E-state index contributed by atoms with van der Waals surface area (Å²) in [5.74, 6) is -0.0428. The molecule has 2 rings (SSSR count). The van der Waals surface area contributed by atoms with E-state index in [1.54, 1.807) is 4.90 Å². The lowest BCUT2D eigenvalue weighted by Crippen LogP contribution is -2.59. The first kappa shape index (κ1) is 14.8. The van der Waals surface area contributed by atoms with Gasteiger partial charge < -0.3 is 10.2 Å². The van der Waals surface area contributed by atoms with E-state index in [1.165, 1.54) is 12.1 Å². The quantitative estimate of drug-likeness (QED) is 0.919. The number of alkyl halides is 3. The van der Waals surface area contributed by atoms with Gasteiger partial charge in [0.1, 0.15) is 0 Å². The van der Waals surface area contributed by atoms with Gasteiger partial charge in [0.2, 0.25) is 5.91 Å². The predicted molar refractivity (Wildman–Crippen MR) is 69.2 cm³/mol. The standard InChI is InChI=1S/C14H17F3N2O/c1-2-19(12-8-18-9-12)13(20)7-10-3-5-11(6-4-10)14(15,16)17/h3-6,12,18H,2,7-9H2,1H3. The zero-order valence-corrected chi connectivity index (χ0v) is 11.2. The number of carbonyl (C=O) groups is 1. The van der Waals surface area contributed by atoms with Crippen LogP contribution in [-0.4, -0.2) is 36.5 Å². The van der Waals surface area contributed by atoms with Gasteiger partial charge in [0.15, 0.2) is 0 Å². The van der Waals surface area contributed by atoms with Crippen molar-refractivity contribution in [1.29, 1.82) is 0 Å². The molecule has 0 bridgehead atoms. The molecule has 1 heterocycles. The van der Waals surface area contributed by atoms with Gasteiger partial charge >= 0.3 is 6.18 Å². The fraction of sp³-hybridized carbons (Fsp3) is 0.500. The van der Waals surface area contributed by atoms with Gasteiger partial charge in [-0.05, 0) is 24.6 Å². The number of rotatable bonds is 4. The Kier molecular flexibility index (Phi) is 4.32. The Bertz CT molecular complexity index is 466. The summed E-state index contributed by atoms with van der Waals surface area (Å²) in [6.07, 6.45) is -4.20. The fourth-order valence-electron chi connectivity index (χ4n) is 2.22. The lowest BCUT2D eigenvalue weighted by molar-refractivity contribution is -0.137. The Labute approximate surface area is 115 Å².